The molecule has 0 N–H and O–H groups in total. The molecule has 3 aromatic carbocycles. The Morgan fingerprint density at radius 1 is 0.667 bits per heavy atom. The van der Waals surface area contributed by atoms with Gasteiger partial charge in [0.1, 0.15) is 17.3 Å². The Balaban J connectivity index is 1.95. The van der Waals surface area contributed by atoms with Crippen molar-refractivity contribution in [2.75, 3.05) is 0 Å². The standard InChI is InChI=1S/C21H12Cl2F2N2/c22-15-5-11-18(12-6-15)27-21(14-3-9-17(25)10-4-14)19(23)20(26-27)13-1-7-16(24)8-2-13/h1-12H. The predicted molar refractivity (Wildman–Crippen MR) is 104 cm³/mol. The van der Waals surface area contributed by atoms with Crippen LogP contribution in [0.3, 0.4) is 0 Å². The van der Waals surface area contributed by atoms with Crippen LogP contribution in [0.1, 0.15) is 0 Å². The summed E-state index contributed by atoms with van der Waals surface area (Å²) in [6, 6.07) is 19.1. The van der Waals surface area contributed by atoms with E-state index in [0.717, 1.165) is 5.69 Å². The molecule has 0 aliphatic carbocycles. The molecule has 134 valence electrons. The van der Waals surface area contributed by atoms with Crippen LogP contribution in [0.15, 0.2) is 72.8 Å². The number of aromatic nitrogens is 2. The van der Waals surface area contributed by atoms with Crippen LogP contribution < -0.4 is 0 Å². The fourth-order valence-electron chi connectivity index (χ4n) is 2.82. The lowest BCUT2D eigenvalue weighted by Gasteiger charge is -2.08. The van der Waals surface area contributed by atoms with Crippen molar-refractivity contribution in [1.82, 2.24) is 9.78 Å². The van der Waals surface area contributed by atoms with E-state index in [0.29, 0.717) is 32.6 Å². The normalized spacial score (nSPS) is 11.0. The first-order chi connectivity index (χ1) is 13.0. The molecular weight excluding hydrogens is 389 g/mol. The van der Waals surface area contributed by atoms with Crippen molar-refractivity contribution >= 4 is 23.2 Å². The fourth-order valence-corrected chi connectivity index (χ4v) is 3.28. The molecule has 2 nitrogen and oxygen atoms in total. The molecule has 0 bridgehead atoms. The average Bonchev–Trinajstić information content (AvgIpc) is 3.01. The summed E-state index contributed by atoms with van der Waals surface area (Å²) >= 11 is 12.7. The monoisotopic (exact) mass is 400 g/mol. The largest absolute Gasteiger partial charge is 0.231 e. The molecule has 0 spiro atoms. The molecule has 0 aliphatic heterocycles. The average molecular weight is 401 g/mol. The zero-order chi connectivity index (χ0) is 19.0. The van der Waals surface area contributed by atoms with Gasteiger partial charge in [0.2, 0.25) is 0 Å². The van der Waals surface area contributed by atoms with E-state index in [1.165, 1.54) is 24.3 Å². The summed E-state index contributed by atoms with van der Waals surface area (Å²) in [7, 11) is 0. The van der Waals surface area contributed by atoms with Crippen LogP contribution in [-0.4, -0.2) is 9.78 Å². The zero-order valence-electron chi connectivity index (χ0n) is 13.8. The molecule has 0 amide bonds. The lowest BCUT2D eigenvalue weighted by Crippen LogP contribution is -1.99. The highest BCUT2D eigenvalue weighted by Crippen LogP contribution is 2.38. The number of hydrogen-bond donors (Lipinski definition) is 0. The zero-order valence-corrected chi connectivity index (χ0v) is 15.3. The van der Waals surface area contributed by atoms with E-state index in [2.05, 4.69) is 5.10 Å². The van der Waals surface area contributed by atoms with Crippen LogP contribution in [-0.2, 0) is 0 Å². The topological polar surface area (TPSA) is 17.8 Å². The van der Waals surface area contributed by atoms with Crippen LogP contribution >= 0.6 is 23.2 Å². The Morgan fingerprint density at radius 2 is 1.19 bits per heavy atom. The third-order valence-corrected chi connectivity index (χ3v) is 4.74. The van der Waals surface area contributed by atoms with Gasteiger partial charge in [0.15, 0.2) is 0 Å². The van der Waals surface area contributed by atoms with E-state index in [1.807, 2.05) is 12.1 Å². The van der Waals surface area contributed by atoms with Gasteiger partial charge in [-0.1, -0.05) is 23.2 Å². The Morgan fingerprint density at radius 3 is 1.74 bits per heavy atom. The minimum Gasteiger partial charge on any atom is -0.231 e. The van der Waals surface area contributed by atoms with Gasteiger partial charge in [-0.25, -0.2) is 13.5 Å². The molecule has 0 unspecified atom stereocenters. The molecule has 0 aliphatic rings. The van der Waals surface area contributed by atoms with Gasteiger partial charge in [-0.15, -0.1) is 0 Å². The number of hydrogen-bond acceptors (Lipinski definition) is 1. The summed E-state index contributed by atoms with van der Waals surface area (Å²) < 4.78 is 28.3. The number of nitrogens with zero attached hydrogens (tertiary/aromatic N) is 2. The van der Waals surface area contributed by atoms with Gasteiger partial charge in [0.25, 0.3) is 0 Å². The first kappa shape index (κ1) is 17.7. The molecule has 0 fully saturated rings. The van der Waals surface area contributed by atoms with Crippen LogP contribution in [0.2, 0.25) is 10.0 Å². The molecule has 0 saturated heterocycles. The van der Waals surface area contributed by atoms with Crippen LogP contribution in [0.4, 0.5) is 8.78 Å². The van der Waals surface area contributed by atoms with Crippen LogP contribution in [0, 0.1) is 11.6 Å². The summed E-state index contributed by atoms with van der Waals surface area (Å²) in [4.78, 5) is 0. The van der Waals surface area contributed by atoms with Gasteiger partial charge >= 0.3 is 0 Å². The molecule has 1 heterocycles. The fraction of sp³-hybridized carbons (Fsp3) is 0. The molecule has 4 aromatic rings. The van der Waals surface area contributed by atoms with Crippen LogP contribution in [0.25, 0.3) is 28.2 Å². The molecular formula is C21H12Cl2F2N2. The van der Waals surface area contributed by atoms with E-state index in [1.54, 1.807) is 41.1 Å². The van der Waals surface area contributed by atoms with Crippen molar-refractivity contribution in [3.05, 3.63) is 94.5 Å². The van der Waals surface area contributed by atoms with E-state index in [-0.39, 0.29) is 11.6 Å². The summed E-state index contributed by atoms with van der Waals surface area (Å²) in [6.07, 6.45) is 0. The number of halogens is 4. The first-order valence-corrected chi connectivity index (χ1v) is 8.85. The minimum atomic E-state index is -0.342. The van der Waals surface area contributed by atoms with E-state index < -0.39 is 0 Å². The highest BCUT2D eigenvalue weighted by Gasteiger charge is 2.20. The van der Waals surface area contributed by atoms with Crippen molar-refractivity contribution in [3.63, 3.8) is 0 Å². The van der Waals surface area contributed by atoms with Gasteiger partial charge in [-0.05, 0) is 72.8 Å². The molecule has 1 aromatic heterocycles. The summed E-state index contributed by atoms with van der Waals surface area (Å²) in [6.45, 7) is 0. The highest BCUT2D eigenvalue weighted by atomic mass is 35.5. The van der Waals surface area contributed by atoms with E-state index >= 15 is 0 Å². The summed E-state index contributed by atoms with van der Waals surface area (Å²) in [5, 5.41) is 5.62. The second kappa shape index (κ2) is 7.14. The number of benzene rings is 3. The Labute approximate surface area is 164 Å². The second-order valence-electron chi connectivity index (χ2n) is 5.91. The molecule has 0 atom stereocenters. The van der Waals surface area contributed by atoms with Crippen molar-refractivity contribution in [2.45, 2.75) is 0 Å². The van der Waals surface area contributed by atoms with Gasteiger partial charge in [-0.2, -0.15) is 5.10 Å². The Hall–Kier alpha value is -2.69. The molecule has 27 heavy (non-hydrogen) atoms. The first-order valence-electron chi connectivity index (χ1n) is 8.09. The highest BCUT2D eigenvalue weighted by molar-refractivity contribution is 6.35. The molecule has 6 heteroatoms. The lowest BCUT2D eigenvalue weighted by atomic mass is 10.1. The maximum absolute atomic E-state index is 13.4. The van der Waals surface area contributed by atoms with Crippen LogP contribution in [0.5, 0.6) is 0 Å². The SMILES string of the molecule is Fc1ccc(-c2nn(-c3ccc(Cl)cc3)c(-c3ccc(F)cc3)c2Cl)cc1. The smallest absolute Gasteiger partial charge is 0.123 e. The molecule has 0 radical (unpaired) electrons. The Bertz CT molecular complexity index is 1090. The maximum Gasteiger partial charge on any atom is 0.123 e. The van der Waals surface area contributed by atoms with Crippen molar-refractivity contribution < 1.29 is 8.78 Å². The van der Waals surface area contributed by atoms with Gasteiger partial charge in [-0.3, -0.25) is 0 Å². The van der Waals surface area contributed by atoms with Gasteiger partial charge in [0, 0.05) is 16.1 Å². The van der Waals surface area contributed by atoms with Crippen molar-refractivity contribution in [2.24, 2.45) is 0 Å². The molecule has 0 saturated carbocycles. The van der Waals surface area contributed by atoms with Crippen molar-refractivity contribution in [1.29, 1.82) is 0 Å². The van der Waals surface area contributed by atoms with Crippen molar-refractivity contribution in [3.8, 4) is 28.2 Å². The van der Waals surface area contributed by atoms with E-state index in [4.69, 9.17) is 23.2 Å². The summed E-state index contributed by atoms with van der Waals surface area (Å²) in [5.41, 5.74) is 3.24. The number of rotatable bonds is 3. The van der Waals surface area contributed by atoms with E-state index in [9.17, 15) is 8.78 Å². The van der Waals surface area contributed by atoms with Gasteiger partial charge in [0.05, 0.1) is 16.4 Å². The summed E-state index contributed by atoms with van der Waals surface area (Å²) in [5.74, 6) is -0.683. The third kappa shape index (κ3) is 3.46. The maximum atomic E-state index is 13.4. The lowest BCUT2D eigenvalue weighted by molar-refractivity contribution is 0.627. The van der Waals surface area contributed by atoms with Gasteiger partial charge < -0.3 is 0 Å². The molecule has 4 rings (SSSR count). The predicted octanol–water partition coefficient (Wildman–Crippen LogP) is 6.79. The Kier molecular flexibility index (Phi) is 4.68. The second-order valence-corrected chi connectivity index (χ2v) is 6.73. The quantitative estimate of drug-likeness (QED) is 0.370. The minimum absolute atomic E-state index is 0.341. The third-order valence-electron chi connectivity index (χ3n) is 4.13.